The molecule has 242 valence electrons. The first-order valence-corrected chi connectivity index (χ1v) is 17.3. The van der Waals surface area contributed by atoms with E-state index in [2.05, 4.69) is 140 Å². The number of nitrogens with zero attached hydrogens (tertiary/aromatic N) is 4. The monoisotopic (exact) mass is 654 g/mol. The van der Waals surface area contributed by atoms with E-state index in [0.29, 0.717) is 17.5 Å². The minimum atomic E-state index is -0.0338. The summed E-state index contributed by atoms with van der Waals surface area (Å²) in [6, 6.07) is 55.5. The average molecular weight is 655 g/mol. The van der Waals surface area contributed by atoms with Gasteiger partial charge in [0.15, 0.2) is 17.5 Å². The predicted molar refractivity (Wildman–Crippen MR) is 208 cm³/mol. The first kappa shape index (κ1) is 30.5. The van der Waals surface area contributed by atoms with Crippen molar-refractivity contribution in [2.24, 2.45) is 0 Å². The van der Waals surface area contributed by atoms with Crippen molar-refractivity contribution in [1.82, 2.24) is 19.9 Å². The van der Waals surface area contributed by atoms with Gasteiger partial charge in [0.25, 0.3) is 0 Å². The van der Waals surface area contributed by atoms with Crippen LogP contribution in [0, 0.1) is 0 Å². The normalized spacial score (nSPS) is 12.7. The van der Waals surface area contributed by atoms with Crippen molar-refractivity contribution in [1.29, 1.82) is 0 Å². The molecule has 4 heteroatoms. The third-order valence-electron chi connectivity index (χ3n) is 10.1. The summed E-state index contributed by atoms with van der Waals surface area (Å²) in [6.45, 7) is 4.66. The molecule has 0 saturated carbocycles. The van der Waals surface area contributed by atoms with Crippen molar-refractivity contribution in [3.8, 4) is 78.7 Å². The Balaban J connectivity index is 1.04. The Bertz CT molecular complexity index is 2520. The van der Waals surface area contributed by atoms with Crippen molar-refractivity contribution >= 4 is 0 Å². The fraction of sp³-hybridized carbons (Fsp3) is 0.0638. The SMILES string of the molecule is CC1(C)c2ccccc2-c2ccc(-c3cccc(-c4ccc(-c5nc(-c6ccccc6)nc(-c6ccc(-c7cccnc7)cc6)n5)cc4)c3)cc21. The Kier molecular flexibility index (Phi) is 7.44. The molecule has 1 aliphatic carbocycles. The molecule has 8 aromatic rings. The zero-order valence-corrected chi connectivity index (χ0v) is 28.5. The van der Waals surface area contributed by atoms with E-state index in [0.717, 1.165) is 38.9 Å². The van der Waals surface area contributed by atoms with Gasteiger partial charge in [-0.1, -0.05) is 153 Å². The van der Waals surface area contributed by atoms with E-state index in [4.69, 9.17) is 15.0 Å². The molecule has 0 bridgehead atoms. The second-order valence-electron chi connectivity index (χ2n) is 13.6. The molecule has 9 rings (SSSR count). The molecular weight excluding hydrogens is 621 g/mol. The lowest BCUT2D eigenvalue weighted by molar-refractivity contribution is 0.660. The minimum Gasteiger partial charge on any atom is -0.264 e. The quantitative estimate of drug-likeness (QED) is 0.179. The van der Waals surface area contributed by atoms with Gasteiger partial charge in [-0.2, -0.15) is 0 Å². The zero-order chi connectivity index (χ0) is 34.4. The Morgan fingerprint density at radius 3 is 1.47 bits per heavy atom. The van der Waals surface area contributed by atoms with Gasteiger partial charge in [0.2, 0.25) is 0 Å². The summed E-state index contributed by atoms with van der Waals surface area (Å²) in [7, 11) is 0. The Hall–Kier alpha value is -6.52. The fourth-order valence-corrected chi connectivity index (χ4v) is 7.27. The van der Waals surface area contributed by atoms with Crippen LogP contribution in [0.4, 0.5) is 0 Å². The number of benzene rings is 6. The maximum absolute atomic E-state index is 4.98. The van der Waals surface area contributed by atoms with Gasteiger partial charge in [0, 0.05) is 34.5 Å². The molecule has 51 heavy (non-hydrogen) atoms. The lowest BCUT2D eigenvalue weighted by Crippen LogP contribution is -2.14. The molecule has 6 aromatic carbocycles. The van der Waals surface area contributed by atoms with E-state index in [1.165, 1.54) is 33.4 Å². The van der Waals surface area contributed by atoms with Crippen LogP contribution in [0.5, 0.6) is 0 Å². The number of hydrogen-bond donors (Lipinski definition) is 0. The van der Waals surface area contributed by atoms with Crippen molar-refractivity contribution in [3.63, 3.8) is 0 Å². The molecule has 0 amide bonds. The molecule has 0 aliphatic heterocycles. The van der Waals surface area contributed by atoms with E-state index in [1.54, 1.807) is 6.20 Å². The van der Waals surface area contributed by atoms with Crippen LogP contribution in [0.15, 0.2) is 170 Å². The molecule has 0 atom stereocenters. The van der Waals surface area contributed by atoms with Crippen molar-refractivity contribution in [2.45, 2.75) is 19.3 Å². The first-order chi connectivity index (χ1) is 25.0. The maximum atomic E-state index is 4.98. The van der Waals surface area contributed by atoms with E-state index in [9.17, 15) is 0 Å². The molecule has 1 aliphatic rings. The smallest absolute Gasteiger partial charge is 0.164 e. The number of aromatic nitrogens is 4. The third kappa shape index (κ3) is 5.61. The standard InChI is InChI=1S/C47H34N4/c1-47(2)42-16-7-6-15-40(42)41-26-25-38(29-43(41)47)37-13-8-12-36(28-37)31-17-21-34(22-18-31)45-49-44(33-10-4-3-5-11-33)50-46(51-45)35-23-19-32(20-24-35)39-14-9-27-48-30-39/h3-30H,1-2H3. The lowest BCUT2D eigenvalue weighted by atomic mass is 9.81. The van der Waals surface area contributed by atoms with Crippen molar-refractivity contribution < 1.29 is 0 Å². The molecule has 2 aromatic heterocycles. The summed E-state index contributed by atoms with van der Waals surface area (Å²) < 4.78 is 0. The van der Waals surface area contributed by atoms with Crippen LogP contribution in [0.25, 0.3) is 78.7 Å². The fourth-order valence-electron chi connectivity index (χ4n) is 7.27. The van der Waals surface area contributed by atoms with Gasteiger partial charge in [0.05, 0.1) is 0 Å². The molecule has 0 radical (unpaired) electrons. The number of rotatable bonds is 6. The third-order valence-corrected chi connectivity index (χ3v) is 10.1. The molecule has 0 fully saturated rings. The highest BCUT2D eigenvalue weighted by atomic mass is 15.0. The van der Waals surface area contributed by atoms with Crippen LogP contribution < -0.4 is 0 Å². The summed E-state index contributed by atoms with van der Waals surface area (Å²) in [5.74, 6) is 1.91. The average Bonchev–Trinajstić information content (AvgIpc) is 3.44. The molecule has 0 N–H and O–H groups in total. The largest absolute Gasteiger partial charge is 0.264 e. The highest BCUT2D eigenvalue weighted by Gasteiger charge is 2.35. The summed E-state index contributed by atoms with van der Waals surface area (Å²) >= 11 is 0. The number of fused-ring (bicyclic) bond motifs is 3. The van der Waals surface area contributed by atoms with Crippen LogP contribution in [-0.2, 0) is 5.41 Å². The highest BCUT2D eigenvalue weighted by molar-refractivity contribution is 5.84. The number of hydrogen-bond acceptors (Lipinski definition) is 4. The van der Waals surface area contributed by atoms with Crippen LogP contribution in [0.1, 0.15) is 25.0 Å². The second kappa shape index (κ2) is 12.4. The van der Waals surface area contributed by atoms with Gasteiger partial charge in [-0.25, -0.2) is 15.0 Å². The zero-order valence-electron chi connectivity index (χ0n) is 28.5. The van der Waals surface area contributed by atoms with E-state index in [-0.39, 0.29) is 5.41 Å². The molecule has 4 nitrogen and oxygen atoms in total. The van der Waals surface area contributed by atoms with Crippen LogP contribution in [0.2, 0.25) is 0 Å². The van der Waals surface area contributed by atoms with E-state index in [1.807, 2.05) is 42.6 Å². The molecule has 0 spiro atoms. The van der Waals surface area contributed by atoms with Crippen molar-refractivity contribution in [3.05, 3.63) is 181 Å². The second-order valence-corrected chi connectivity index (χ2v) is 13.6. The van der Waals surface area contributed by atoms with E-state index < -0.39 is 0 Å². The lowest BCUT2D eigenvalue weighted by Gasteiger charge is -2.22. The summed E-state index contributed by atoms with van der Waals surface area (Å²) in [5.41, 5.74) is 15.1. The molecule has 0 saturated heterocycles. The topological polar surface area (TPSA) is 51.6 Å². The first-order valence-electron chi connectivity index (χ1n) is 17.3. The van der Waals surface area contributed by atoms with Crippen LogP contribution in [0.3, 0.4) is 0 Å². The van der Waals surface area contributed by atoms with Gasteiger partial charge in [0.1, 0.15) is 0 Å². The highest BCUT2D eigenvalue weighted by Crippen LogP contribution is 2.49. The Labute approximate surface area is 298 Å². The minimum absolute atomic E-state index is 0.0338. The Morgan fingerprint density at radius 2 is 0.824 bits per heavy atom. The summed E-state index contributed by atoms with van der Waals surface area (Å²) in [6.07, 6.45) is 3.66. The van der Waals surface area contributed by atoms with Gasteiger partial charge in [-0.3, -0.25) is 4.98 Å². The van der Waals surface area contributed by atoms with E-state index >= 15 is 0 Å². The Morgan fingerprint density at radius 1 is 0.353 bits per heavy atom. The van der Waals surface area contributed by atoms with Gasteiger partial charge in [-0.05, 0) is 73.8 Å². The van der Waals surface area contributed by atoms with Gasteiger partial charge in [-0.15, -0.1) is 0 Å². The molecule has 0 unspecified atom stereocenters. The summed E-state index contributed by atoms with van der Waals surface area (Å²) in [4.78, 5) is 19.1. The van der Waals surface area contributed by atoms with Crippen LogP contribution >= 0.6 is 0 Å². The maximum Gasteiger partial charge on any atom is 0.164 e. The molecular formula is C47H34N4. The molecule has 2 heterocycles. The summed E-state index contributed by atoms with van der Waals surface area (Å²) in [5, 5.41) is 0. The van der Waals surface area contributed by atoms with Crippen molar-refractivity contribution in [2.75, 3.05) is 0 Å². The number of pyridine rings is 1. The van der Waals surface area contributed by atoms with Gasteiger partial charge >= 0.3 is 0 Å². The predicted octanol–water partition coefficient (Wildman–Crippen LogP) is 11.6. The van der Waals surface area contributed by atoms with Gasteiger partial charge < -0.3 is 0 Å². The van der Waals surface area contributed by atoms with Crippen LogP contribution in [-0.4, -0.2) is 19.9 Å².